The second-order valence-electron chi connectivity index (χ2n) is 7.63. The SMILES string of the molecule is CN1CCN(Cc2ccc(C(=O)NC(C)(CN)C3CC3)cc2)CC1. The molecule has 1 aliphatic heterocycles. The Kier molecular flexibility index (Phi) is 5.23. The molecule has 3 N–H and O–H groups in total. The van der Waals surface area contributed by atoms with Crippen molar-refractivity contribution in [3.05, 3.63) is 35.4 Å². The Bertz CT molecular complexity index is 561. The van der Waals surface area contributed by atoms with Crippen LogP contribution in [-0.2, 0) is 6.54 Å². The quantitative estimate of drug-likeness (QED) is 0.825. The lowest BCUT2D eigenvalue weighted by Crippen LogP contribution is -2.53. The van der Waals surface area contributed by atoms with E-state index in [0.29, 0.717) is 12.5 Å². The van der Waals surface area contributed by atoms with Crippen molar-refractivity contribution in [2.75, 3.05) is 39.8 Å². The maximum absolute atomic E-state index is 12.5. The van der Waals surface area contributed by atoms with Gasteiger partial charge in [-0.25, -0.2) is 0 Å². The molecule has 0 aromatic heterocycles. The summed E-state index contributed by atoms with van der Waals surface area (Å²) in [5, 5.41) is 3.15. The average Bonchev–Trinajstić information content (AvgIpc) is 3.43. The van der Waals surface area contributed by atoms with E-state index in [1.165, 1.54) is 5.56 Å². The van der Waals surface area contributed by atoms with Crippen LogP contribution in [0.3, 0.4) is 0 Å². The van der Waals surface area contributed by atoms with Crippen molar-refractivity contribution >= 4 is 5.91 Å². The minimum absolute atomic E-state index is 0.0130. The number of amides is 1. The van der Waals surface area contributed by atoms with Crippen LogP contribution < -0.4 is 11.1 Å². The molecule has 0 bridgehead atoms. The summed E-state index contributed by atoms with van der Waals surface area (Å²) in [4.78, 5) is 17.3. The third-order valence-corrected chi connectivity index (χ3v) is 5.52. The first kappa shape index (κ1) is 17.4. The fourth-order valence-electron chi connectivity index (χ4n) is 3.40. The molecule has 3 rings (SSSR count). The Hall–Kier alpha value is -1.43. The predicted molar refractivity (Wildman–Crippen MR) is 96.9 cm³/mol. The van der Waals surface area contributed by atoms with Crippen LogP contribution in [0.2, 0.25) is 0 Å². The molecular weight excluding hydrogens is 300 g/mol. The van der Waals surface area contributed by atoms with Crippen molar-refractivity contribution in [2.24, 2.45) is 11.7 Å². The highest BCUT2D eigenvalue weighted by atomic mass is 16.1. The molecule has 5 nitrogen and oxygen atoms in total. The molecule has 5 heteroatoms. The van der Waals surface area contributed by atoms with Crippen LogP contribution >= 0.6 is 0 Å². The molecule has 1 aromatic carbocycles. The molecule has 1 saturated heterocycles. The lowest BCUT2D eigenvalue weighted by molar-refractivity contribution is 0.0898. The molecule has 1 aromatic rings. The lowest BCUT2D eigenvalue weighted by Gasteiger charge is -2.32. The summed E-state index contributed by atoms with van der Waals surface area (Å²) < 4.78 is 0. The first-order valence-corrected chi connectivity index (χ1v) is 9.02. The van der Waals surface area contributed by atoms with Crippen LogP contribution in [-0.4, -0.2) is 61.0 Å². The van der Waals surface area contributed by atoms with E-state index in [-0.39, 0.29) is 11.4 Å². The fraction of sp³-hybridized carbons (Fsp3) is 0.632. The van der Waals surface area contributed by atoms with Gasteiger partial charge >= 0.3 is 0 Å². The van der Waals surface area contributed by atoms with Gasteiger partial charge in [-0.05, 0) is 50.4 Å². The van der Waals surface area contributed by atoms with Crippen molar-refractivity contribution in [2.45, 2.75) is 31.8 Å². The second-order valence-corrected chi connectivity index (χ2v) is 7.63. The smallest absolute Gasteiger partial charge is 0.251 e. The minimum Gasteiger partial charge on any atom is -0.345 e. The van der Waals surface area contributed by atoms with Gasteiger partial charge < -0.3 is 16.0 Å². The standard InChI is InChI=1S/C19H30N4O/c1-19(14-20,17-7-8-17)21-18(24)16-5-3-15(4-6-16)13-23-11-9-22(2)10-12-23/h3-6,17H,7-14,20H2,1-2H3,(H,21,24). The highest BCUT2D eigenvalue weighted by Gasteiger charge is 2.41. The number of nitrogens with two attached hydrogens (primary N) is 1. The topological polar surface area (TPSA) is 61.6 Å². The van der Waals surface area contributed by atoms with E-state index >= 15 is 0 Å². The van der Waals surface area contributed by atoms with Gasteiger partial charge in [0.1, 0.15) is 0 Å². The molecule has 0 spiro atoms. The normalized spacial score (nSPS) is 22.1. The molecule has 1 heterocycles. The van der Waals surface area contributed by atoms with Gasteiger partial charge in [-0.2, -0.15) is 0 Å². The number of nitrogens with zero attached hydrogens (tertiary/aromatic N) is 2. The van der Waals surface area contributed by atoms with Gasteiger partial charge in [0, 0.05) is 44.8 Å². The molecule has 2 fully saturated rings. The van der Waals surface area contributed by atoms with E-state index in [9.17, 15) is 4.79 Å². The number of hydrogen-bond acceptors (Lipinski definition) is 4. The van der Waals surface area contributed by atoms with Crippen molar-refractivity contribution in [3.63, 3.8) is 0 Å². The summed E-state index contributed by atoms with van der Waals surface area (Å²) >= 11 is 0. The van der Waals surface area contributed by atoms with Gasteiger partial charge in [0.2, 0.25) is 0 Å². The molecule has 0 radical (unpaired) electrons. The van der Waals surface area contributed by atoms with Crippen molar-refractivity contribution in [1.82, 2.24) is 15.1 Å². The van der Waals surface area contributed by atoms with Crippen molar-refractivity contribution in [3.8, 4) is 0 Å². The number of hydrogen-bond donors (Lipinski definition) is 2. The monoisotopic (exact) mass is 330 g/mol. The van der Waals surface area contributed by atoms with E-state index in [1.807, 2.05) is 12.1 Å². The Morgan fingerprint density at radius 3 is 2.38 bits per heavy atom. The summed E-state index contributed by atoms with van der Waals surface area (Å²) in [5.41, 5.74) is 7.60. The third-order valence-electron chi connectivity index (χ3n) is 5.52. The molecular formula is C19H30N4O. The van der Waals surface area contributed by atoms with Crippen molar-refractivity contribution < 1.29 is 4.79 Å². The number of nitrogens with one attached hydrogen (secondary N) is 1. The molecule has 1 aliphatic carbocycles. The Morgan fingerprint density at radius 1 is 1.21 bits per heavy atom. The van der Waals surface area contributed by atoms with Gasteiger partial charge in [-0.3, -0.25) is 9.69 Å². The summed E-state index contributed by atoms with van der Waals surface area (Å²) in [5.74, 6) is 0.518. The van der Waals surface area contributed by atoms with Crippen LogP contribution in [0.5, 0.6) is 0 Å². The maximum Gasteiger partial charge on any atom is 0.251 e. The van der Waals surface area contributed by atoms with Gasteiger partial charge in [0.25, 0.3) is 5.91 Å². The second kappa shape index (κ2) is 7.21. The van der Waals surface area contributed by atoms with E-state index in [4.69, 9.17) is 5.73 Å². The first-order chi connectivity index (χ1) is 11.5. The highest BCUT2D eigenvalue weighted by Crippen LogP contribution is 2.39. The fourth-order valence-corrected chi connectivity index (χ4v) is 3.40. The van der Waals surface area contributed by atoms with Gasteiger partial charge in [0.15, 0.2) is 0 Å². The largest absolute Gasteiger partial charge is 0.345 e. The van der Waals surface area contributed by atoms with Crippen LogP contribution in [0.25, 0.3) is 0 Å². The Morgan fingerprint density at radius 2 is 1.83 bits per heavy atom. The third kappa shape index (κ3) is 4.15. The number of rotatable bonds is 6. The summed E-state index contributed by atoms with van der Waals surface area (Å²) in [6.07, 6.45) is 2.33. The predicted octanol–water partition coefficient (Wildman–Crippen LogP) is 1.29. The zero-order chi connectivity index (χ0) is 17.2. The molecule has 1 unspecified atom stereocenters. The van der Waals surface area contributed by atoms with E-state index in [0.717, 1.165) is 51.1 Å². The molecule has 1 saturated carbocycles. The van der Waals surface area contributed by atoms with E-state index < -0.39 is 0 Å². The van der Waals surface area contributed by atoms with Gasteiger partial charge in [-0.15, -0.1) is 0 Å². The van der Waals surface area contributed by atoms with E-state index in [1.54, 1.807) is 0 Å². The van der Waals surface area contributed by atoms with Crippen molar-refractivity contribution in [1.29, 1.82) is 0 Å². The summed E-state index contributed by atoms with van der Waals surface area (Å²) in [7, 11) is 2.17. The van der Waals surface area contributed by atoms with Crippen LogP contribution in [0, 0.1) is 5.92 Å². The summed E-state index contributed by atoms with van der Waals surface area (Å²) in [6, 6.07) is 8.02. The summed E-state index contributed by atoms with van der Waals surface area (Å²) in [6.45, 7) is 7.97. The molecule has 2 aliphatic rings. The molecule has 24 heavy (non-hydrogen) atoms. The number of benzene rings is 1. The Labute approximate surface area is 145 Å². The zero-order valence-electron chi connectivity index (χ0n) is 14.9. The number of piperazine rings is 1. The highest BCUT2D eigenvalue weighted by molar-refractivity contribution is 5.94. The first-order valence-electron chi connectivity index (χ1n) is 9.02. The number of carbonyl (C=O) groups excluding carboxylic acids is 1. The molecule has 1 atom stereocenters. The number of carbonyl (C=O) groups is 1. The molecule has 132 valence electrons. The zero-order valence-corrected chi connectivity index (χ0v) is 14.9. The molecule has 1 amide bonds. The van der Waals surface area contributed by atoms with Gasteiger partial charge in [-0.1, -0.05) is 12.1 Å². The Balaban J connectivity index is 1.56. The van der Waals surface area contributed by atoms with Crippen LogP contribution in [0.4, 0.5) is 0 Å². The average molecular weight is 330 g/mol. The minimum atomic E-state index is -0.268. The number of likely N-dealkylation sites (N-methyl/N-ethyl adjacent to an activating group) is 1. The van der Waals surface area contributed by atoms with Crippen LogP contribution in [0.1, 0.15) is 35.7 Å². The van der Waals surface area contributed by atoms with Gasteiger partial charge in [0.05, 0.1) is 5.54 Å². The lowest BCUT2D eigenvalue weighted by atomic mass is 9.95. The van der Waals surface area contributed by atoms with E-state index in [2.05, 4.69) is 41.2 Å². The van der Waals surface area contributed by atoms with Crippen LogP contribution in [0.15, 0.2) is 24.3 Å². The maximum atomic E-state index is 12.5.